The van der Waals surface area contributed by atoms with Crippen molar-refractivity contribution in [2.24, 2.45) is 5.92 Å². The van der Waals surface area contributed by atoms with E-state index in [1.54, 1.807) is 14.2 Å². The minimum absolute atomic E-state index is 0. The van der Waals surface area contributed by atoms with Crippen LogP contribution in [0.5, 0.6) is 23.0 Å². The number of hydrogen-bond donors (Lipinski definition) is 1. The van der Waals surface area contributed by atoms with E-state index in [4.69, 9.17) is 14.2 Å². The van der Waals surface area contributed by atoms with Crippen LogP contribution in [0.2, 0.25) is 0 Å². The predicted octanol–water partition coefficient (Wildman–Crippen LogP) is 3.03. The normalized spacial score (nSPS) is 25.3. The van der Waals surface area contributed by atoms with Crippen LogP contribution in [0.15, 0.2) is 36.4 Å². The van der Waals surface area contributed by atoms with Crippen molar-refractivity contribution in [1.82, 2.24) is 5.32 Å². The molecule has 2 aromatic carbocycles. The lowest BCUT2D eigenvalue weighted by molar-refractivity contribution is -0.917. The van der Waals surface area contributed by atoms with E-state index >= 15 is 0 Å². The first-order valence-corrected chi connectivity index (χ1v) is 14.2. The average Bonchev–Trinajstić information content (AvgIpc) is 2.89. The number of benzene rings is 2. The zero-order chi connectivity index (χ0) is 25.8. The van der Waals surface area contributed by atoms with Gasteiger partial charge in [0.2, 0.25) is 5.91 Å². The first-order valence-electron chi connectivity index (χ1n) is 14.2. The van der Waals surface area contributed by atoms with Crippen LogP contribution in [0.1, 0.15) is 74.8 Å². The number of carbonyl (C=O) groups is 1. The standard InChI is InChI=1S/C31H42N2O4.HI/c1-33(21-22-9-7-5-4-6-8-10-22)17-15-23(16-18-33)32-31(34)30-26-13-11-25(36-3)20-29(26)37-28-14-12-24(35-2)19-27(28)30;/h11-14,19-20,22-23,30H,4-10,15-18,21H2,1-3H3;1H. The lowest BCUT2D eigenvalue weighted by Gasteiger charge is -2.43. The molecule has 6 nitrogen and oxygen atoms in total. The molecule has 1 atom stereocenters. The van der Waals surface area contributed by atoms with Crippen molar-refractivity contribution in [1.29, 1.82) is 0 Å². The van der Waals surface area contributed by atoms with Crippen LogP contribution in [-0.4, -0.2) is 57.3 Å². The van der Waals surface area contributed by atoms with Gasteiger partial charge in [-0.1, -0.05) is 38.2 Å². The van der Waals surface area contributed by atoms with Crippen molar-refractivity contribution >= 4 is 5.91 Å². The molecule has 1 unspecified atom stereocenters. The number of fused-ring (bicyclic) bond motifs is 2. The monoisotopic (exact) mass is 634 g/mol. The molecule has 2 aromatic rings. The van der Waals surface area contributed by atoms with Gasteiger partial charge in [-0.05, 0) is 37.1 Å². The fourth-order valence-corrected chi connectivity index (χ4v) is 6.66. The Morgan fingerprint density at radius 1 is 0.868 bits per heavy atom. The molecule has 0 radical (unpaired) electrons. The molecule has 38 heavy (non-hydrogen) atoms. The Kier molecular flexibility index (Phi) is 9.84. The summed E-state index contributed by atoms with van der Waals surface area (Å²) in [6, 6.07) is 11.6. The van der Waals surface area contributed by atoms with Crippen LogP contribution in [0.25, 0.3) is 0 Å². The third-order valence-corrected chi connectivity index (χ3v) is 8.85. The van der Waals surface area contributed by atoms with Gasteiger partial charge in [0.15, 0.2) is 0 Å². The van der Waals surface area contributed by atoms with Crippen molar-refractivity contribution in [2.45, 2.75) is 69.7 Å². The topological polar surface area (TPSA) is 56.8 Å². The van der Waals surface area contributed by atoms with Gasteiger partial charge in [0.25, 0.3) is 0 Å². The second-order valence-corrected chi connectivity index (χ2v) is 11.6. The number of quaternary nitrogens is 1. The number of piperidine rings is 1. The molecule has 7 heteroatoms. The number of rotatable bonds is 6. The van der Waals surface area contributed by atoms with Gasteiger partial charge in [0.1, 0.15) is 23.0 Å². The lowest BCUT2D eigenvalue weighted by atomic mass is 9.86. The largest absolute Gasteiger partial charge is 1.00 e. The number of halogens is 1. The van der Waals surface area contributed by atoms with Crippen LogP contribution >= 0.6 is 0 Å². The second kappa shape index (κ2) is 12.9. The Hall–Kier alpha value is -2.00. The zero-order valence-corrected chi connectivity index (χ0v) is 25.3. The lowest BCUT2D eigenvalue weighted by Crippen LogP contribution is -3.00. The number of nitrogens with zero attached hydrogens (tertiary/aromatic N) is 1. The summed E-state index contributed by atoms with van der Waals surface area (Å²) in [6.45, 7) is 3.56. The summed E-state index contributed by atoms with van der Waals surface area (Å²) < 4.78 is 18.2. The molecule has 0 aromatic heterocycles. The molecular formula is C31H43IN2O4. The third kappa shape index (κ3) is 6.58. The molecule has 1 aliphatic carbocycles. The number of likely N-dealkylation sites (tertiary alicyclic amines) is 1. The predicted molar refractivity (Wildman–Crippen MR) is 146 cm³/mol. The van der Waals surface area contributed by atoms with Crippen molar-refractivity contribution in [3.05, 3.63) is 47.5 Å². The molecule has 2 aliphatic heterocycles. The van der Waals surface area contributed by atoms with Crippen LogP contribution in [0.4, 0.5) is 0 Å². The highest BCUT2D eigenvalue weighted by molar-refractivity contribution is 5.90. The minimum atomic E-state index is -0.447. The number of nitrogens with one attached hydrogen (secondary N) is 1. The van der Waals surface area contributed by atoms with E-state index in [0.717, 1.165) is 53.2 Å². The summed E-state index contributed by atoms with van der Waals surface area (Å²) in [5.74, 6) is 3.24. The molecule has 2 fully saturated rings. The summed E-state index contributed by atoms with van der Waals surface area (Å²) in [5, 5.41) is 3.42. The maximum absolute atomic E-state index is 13.9. The Labute approximate surface area is 245 Å². The molecule has 3 aliphatic rings. The molecule has 1 saturated heterocycles. The SMILES string of the molecule is COc1ccc2c(c1)Oc1ccc(OC)cc1C2C(=O)NC1CC[N+](C)(CC2CCCCCCC2)CC1.[I-]. The first kappa shape index (κ1) is 29.0. The number of amides is 1. The summed E-state index contributed by atoms with van der Waals surface area (Å²) in [5.41, 5.74) is 1.70. The van der Waals surface area contributed by atoms with Crippen LogP contribution in [-0.2, 0) is 4.79 Å². The van der Waals surface area contributed by atoms with Gasteiger partial charge in [0, 0.05) is 42.0 Å². The number of methoxy groups -OCH3 is 2. The average molecular weight is 635 g/mol. The van der Waals surface area contributed by atoms with Gasteiger partial charge in [0.05, 0.1) is 46.8 Å². The fourth-order valence-electron chi connectivity index (χ4n) is 6.66. The van der Waals surface area contributed by atoms with E-state index in [1.807, 2.05) is 36.4 Å². The van der Waals surface area contributed by atoms with Crippen LogP contribution in [0.3, 0.4) is 0 Å². The van der Waals surface area contributed by atoms with Crippen molar-refractivity contribution in [3.63, 3.8) is 0 Å². The van der Waals surface area contributed by atoms with Gasteiger partial charge in [-0.25, -0.2) is 0 Å². The molecule has 1 N–H and O–H groups in total. The Balaban J connectivity index is 0.00000336. The molecule has 0 bridgehead atoms. The van der Waals surface area contributed by atoms with Crippen molar-refractivity contribution in [3.8, 4) is 23.0 Å². The van der Waals surface area contributed by atoms with Crippen LogP contribution in [0, 0.1) is 5.92 Å². The maximum Gasteiger partial charge on any atom is 0.232 e. The number of carbonyl (C=O) groups excluding carboxylic acids is 1. The highest BCUT2D eigenvalue weighted by atomic mass is 127. The number of ether oxygens (including phenoxy) is 3. The molecule has 5 rings (SSSR count). The fraction of sp³-hybridized carbons (Fsp3) is 0.581. The van der Waals surface area contributed by atoms with Gasteiger partial charge in [-0.2, -0.15) is 0 Å². The Morgan fingerprint density at radius 2 is 1.50 bits per heavy atom. The van der Waals surface area contributed by atoms with Gasteiger partial charge in [-0.15, -0.1) is 0 Å². The maximum atomic E-state index is 13.9. The van der Waals surface area contributed by atoms with E-state index in [9.17, 15) is 4.79 Å². The van der Waals surface area contributed by atoms with Gasteiger partial charge >= 0.3 is 0 Å². The van der Waals surface area contributed by atoms with E-state index < -0.39 is 5.92 Å². The quantitative estimate of drug-likeness (QED) is 0.393. The third-order valence-electron chi connectivity index (χ3n) is 8.85. The van der Waals surface area contributed by atoms with Gasteiger partial charge < -0.3 is 48.0 Å². The molecular weight excluding hydrogens is 591 g/mol. The van der Waals surface area contributed by atoms with Crippen molar-refractivity contribution < 1.29 is 47.5 Å². The van der Waals surface area contributed by atoms with Gasteiger partial charge in [-0.3, -0.25) is 4.79 Å². The van der Waals surface area contributed by atoms with E-state index in [2.05, 4.69) is 12.4 Å². The second-order valence-electron chi connectivity index (χ2n) is 11.6. The molecule has 2 heterocycles. The highest BCUT2D eigenvalue weighted by Crippen LogP contribution is 2.46. The highest BCUT2D eigenvalue weighted by Gasteiger charge is 2.37. The van der Waals surface area contributed by atoms with E-state index in [1.165, 1.54) is 51.5 Å². The molecule has 1 amide bonds. The molecule has 1 saturated carbocycles. The smallest absolute Gasteiger partial charge is 0.232 e. The Bertz CT molecular complexity index is 1090. The summed E-state index contributed by atoms with van der Waals surface area (Å²) >= 11 is 0. The minimum Gasteiger partial charge on any atom is -1.00 e. The van der Waals surface area contributed by atoms with Crippen LogP contribution < -0.4 is 43.5 Å². The summed E-state index contributed by atoms with van der Waals surface area (Å²) in [7, 11) is 5.72. The number of hydrogen-bond acceptors (Lipinski definition) is 4. The summed E-state index contributed by atoms with van der Waals surface area (Å²) in [6.07, 6.45) is 11.9. The van der Waals surface area contributed by atoms with E-state index in [0.29, 0.717) is 17.2 Å². The first-order chi connectivity index (χ1) is 18.0. The molecule has 0 spiro atoms. The van der Waals surface area contributed by atoms with Crippen molar-refractivity contribution in [2.75, 3.05) is 40.9 Å². The summed E-state index contributed by atoms with van der Waals surface area (Å²) in [4.78, 5) is 13.9. The Morgan fingerprint density at radius 3 is 2.18 bits per heavy atom. The zero-order valence-electron chi connectivity index (χ0n) is 23.1. The molecule has 208 valence electrons. The van der Waals surface area contributed by atoms with E-state index in [-0.39, 0.29) is 35.9 Å².